The van der Waals surface area contributed by atoms with Crippen molar-refractivity contribution in [3.8, 4) is 5.75 Å². The summed E-state index contributed by atoms with van der Waals surface area (Å²) in [7, 11) is 0. The van der Waals surface area contributed by atoms with Gasteiger partial charge in [0.1, 0.15) is 11.3 Å². The van der Waals surface area contributed by atoms with Crippen molar-refractivity contribution in [1.82, 2.24) is 0 Å². The van der Waals surface area contributed by atoms with Crippen molar-refractivity contribution in [1.29, 1.82) is 0 Å². The van der Waals surface area contributed by atoms with Crippen molar-refractivity contribution < 1.29 is 9.52 Å². The fraction of sp³-hybridized carbons (Fsp3) is 0. The van der Waals surface area contributed by atoms with Crippen molar-refractivity contribution >= 4 is 26.9 Å². The summed E-state index contributed by atoms with van der Waals surface area (Å²) in [6.45, 7) is 0. The quantitative estimate of drug-likeness (QED) is 0.719. The number of hydrogen-bond donors (Lipinski definition) is 1. The lowest BCUT2D eigenvalue weighted by Crippen LogP contribution is -1.94. The minimum Gasteiger partial charge on any atom is -0.506 e. The Hall–Kier alpha value is -1.29. The molecule has 0 fully saturated rings. The first kappa shape index (κ1) is 8.31. The molecule has 0 unspecified atom stereocenters. The molecule has 1 N–H and O–H groups in total. The zero-order valence-electron chi connectivity index (χ0n) is 6.45. The monoisotopic (exact) mass is 240 g/mol. The van der Waals surface area contributed by atoms with Crippen LogP contribution in [0.3, 0.4) is 0 Å². The third kappa shape index (κ3) is 1.33. The van der Waals surface area contributed by atoms with Crippen LogP contribution in [0, 0.1) is 0 Å². The second kappa shape index (κ2) is 2.88. The highest BCUT2D eigenvalue weighted by Gasteiger charge is 2.05. The molecule has 4 heteroatoms. The molecular formula is C9H5BrO3. The molecule has 0 saturated heterocycles. The van der Waals surface area contributed by atoms with E-state index in [1.807, 2.05) is 0 Å². The van der Waals surface area contributed by atoms with Gasteiger partial charge in [0.05, 0.1) is 9.86 Å². The second-order valence-corrected chi connectivity index (χ2v) is 3.42. The second-order valence-electron chi connectivity index (χ2n) is 2.56. The molecule has 0 atom stereocenters. The molecule has 3 nitrogen and oxygen atoms in total. The molecule has 0 radical (unpaired) electrons. The van der Waals surface area contributed by atoms with Crippen molar-refractivity contribution in [3.05, 3.63) is 39.2 Å². The van der Waals surface area contributed by atoms with E-state index >= 15 is 0 Å². The zero-order valence-corrected chi connectivity index (χ0v) is 8.04. The van der Waals surface area contributed by atoms with Crippen molar-refractivity contribution in [2.45, 2.75) is 0 Å². The van der Waals surface area contributed by atoms with Gasteiger partial charge in [-0.15, -0.1) is 0 Å². The normalized spacial score (nSPS) is 10.5. The Labute approximate surface area is 81.7 Å². The van der Waals surface area contributed by atoms with Crippen LogP contribution >= 0.6 is 15.9 Å². The predicted molar refractivity (Wildman–Crippen MR) is 51.8 cm³/mol. The summed E-state index contributed by atoms with van der Waals surface area (Å²) in [5.74, 6) is 0.0845. The van der Waals surface area contributed by atoms with E-state index in [2.05, 4.69) is 15.9 Å². The summed E-state index contributed by atoms with van der Waals surface area (Å²) in [4.78, 5) is 10.8. The Morgan fingerprint density at radius 1 is 1.23 bits per heavy atom. The van der Waals surface area contributed by atoms with Crippen LogP contribution in [0.25, 0.3) is 11.0 Å². The van der Waals surface area contributed by atoms with E-state index in [9.17, 15) is 9.90 Å². The van der Waals surface area contributed by atoms with E-state index in [1.165, 1.54) is 12.1 Å². The third-order valence-corrected chi connectivity index (χ3v) is 2.36. The maximum atomic E-state index is 10.8. The Balaban J connectivity index is 2.95. The lowest BCUT2D eigenvalue weighted by Gasteiger charge is -2.00. The van der Waals surface area contributed by atoms with E-state index in [-0.39, 0.29) is 5.75 Å². The lowest BCUT2D eigenvalue weighted by molar-refractivity contribution is 0.475. The number of aromatic hydroxyl groups is 1. The molecule has 0 bridgehead atoms. The summed E-state index contributed by atoms with van der Waals surface area (Å²) >= 11 is 3.17. The summed E-state index contributed by atoms with van der Waals surface area (Å²) in [5, 5.41) is 10.1. The van der Waals surface area contributed by atoms with E-state index in [4.69, 9.17) is 4.42 Å². The van der Waals surface area contributed by atoms with Gasteiger partial charge in [-0.05, 0) is 34.1 Å². The Bertz CT molecular complexity index is 516. The molecule has 2 rings (SSSR count). The van der Waals surface area contributed by atoms with Crippen molar-refractivity contribution in [2.24, 2.45) is 0 Å². The van der Waals surface area contributed by atoms with Gasteiger partial charge in [-0.1, -0.05) is 0 Å². The number of phenolic OH excluding ortho intramolecular Hbond substituents is 1. The maximum absolute atomic E-state index is 10.8. The topological polar surface area (TPSA) is 50.4 Å². The van der Waals surface area contributed by atoms with Crippen molar-refractivity contribution in [3.63, 3.8) is 0 Å². The molecule has 2 aromatic rings. The molecule has 1 aromatic heterocycles. The Morgan fingerprint density at radius 2 is 2.00 bits per heavy atom. The number of benzene rings is 1. The van der Waals surface area contributed by atoms with Gasteiger partial charge < -0.3 is 9.52 Å². The number of hydrogen-bond acceptors (Lipinski definition) is 3. The molecule has 13 heavy (non-hydrogen) atoms. The standard InChI is InChI=1S/C9H5BrO3/c10-6-2-3-7-5(9(6)12)1-4-8(11)13-7/h1-4,12H. The SMILES string of the molecule is O=c1ccc2c(O)c(Br)ccc2o1. The van der Waals surface area contributed by atoms with E-state index in [1.54, 1.807) is 12.1 Å². The largest absolute Gasteiger partial charge is 0.506 e. The molecular weight excluding hydrogens is 236 g/mol. The van der Waals surface area contributed by atoms with Gasteiger partial charge in [0, 0.05) is 6.07 Å². The molecule has 66 valence electrons. The summed E-state index contributed by atoms with van der Waals surface area (Å²) in [5.41, 5.74) is -0.0394. The minimum atomic E-state index is -0.422. The van der Waals surface area contributed by atoms with Gasteiger partial charge >= 0.3 is 5.63 Å². The molecule has 0 aliphatic heterocycles. The highest BCUT2D eigenvalue weighted by atomic mass is 79.9. The van der Waals surface area contributed by atoms with Gasteiger partial charge in [0.15, 0.2) is 0 Å². The molecule has 0 spiro atoms. The first-order valence-electron chi connectivity index (χ1n) is 3.60. The first-order chi connectivity index (χ1) is 6.18. The maximum Gasteiger partial charge on any atom is 0.336 e. The van der Waals surface area contributed by atoms with E-state index in [0.717, 1.165) is 0 Å². The Morgan fingerprint density at radius 3 is 2.77 bits per heavy atom. The zero-order chi connectivity index (χ0) is 9.42. The van der Waals surface area contributed by atoms with Crippen LogP contribution in [0.2, 0.25) is 0 Å². The number of rotatable bonds is 0. The highest BCUT2D eigenvalue weighted by molar-refractivity contribution is 9.10. The average Bonchev–Trinajstić information content (AvgIpc) is 2.12. The fourth-order valence-corrected chi connectivity index (χ4v) is 1.45. The summed E-state index contributed by atoms with van der Waals surface area (Å²) in [6.07, 6.45) is 0. The van der Waals surface area contributed by atoms with Gasteiger partial charge in [0.25, 0.3) is 0 Å². The van der Waals surface area contributed by atoms with Crippen LogP contribution in [0.15, 0.2) is 37.9 Å². The minimum absolute atomic E-state index is 0.0845. The smallest absolute Gasteiger partial charge is 0.336 e. The fourth-order valence-electron chi connectivity index (χ4n) is 1.11. The molecule has 0 amide bonds. The van der Waals surface area contributed by atoms with Gasteiger partial charge in [-0.2, -0.15) is 0 Å². The number of halogens is 1. The molecule has 0 aliphatic rings. The van der Waals surface area contributed by atoms with E-state index < -0.39 is 5.63 Å². The highest BCUT2D eigenvalue weighted by Crippen LogP contribution is 2.31. The Kier molecular flexibility index (Phi) is 1.84. The van der Waals surface area contributed by atoms with Crippen LogP contribution in [0.1, 0.15) is 0 Å². The summed E-state index contributed by atoms with van der Waals surface area (Å²) < 4.78 is 5.44. The third-order valence-electron chi connectivity index (χ3n) is 1.72. The van der Waals surface area contributed by atoms with Crippen LogP contribution < -0.4 is 5.63 Å². The van der Waals surface area contributed by atoms with Crippen LogP contribution in [0.5, 0.6) is 5.75 Å². The summed E-state index contributed by atoms with van der Waals surface area (Å²) in [6, 6.07) is 6.05. The van der Waals surface area contributed by atoms with Crippen molar-refractivity contribution in [2.75, 3.05) is 0 Å². The van der Waals surface area contributed by atoms with Crippen LogP contribution in [0.4, 0.5) is 0 Å². The number of phenols is 1. The van der Waals surface area contributed by atoms with Crippen LogP contribution in [-0.2, 0) is 0 Å². The van der Waals surface area contributed by atoms with Crippen LogP contribution in [-0.4, -0.2) is 5.11 Å². The average molecular weight is 241 g/mol. The molecule has 0 aliphatic carbocycles. The molecule has 1 aromatic carbocycles. The van der Waals surface area contributed by atoms with E-state index in [0.29, 0.717) is 15.4 Å². The predicted octanol–water partition coefficient (Wildman–Crippen LogP) is 2.26. The van der Waals surface area contributed by atoms with Gasteiger partial charge in [0.2, 0.25) is 0 Å². The first-order valence-corrected chi connectivity index (χ1v) is 4.39. The number of fused-ring (bicyclic) bond motifs is 1. The lowest BCUT2D eigenvalue weighted by atomic mass is 10.2. The van der Waals surface area contributed by atoms with Gasteiger partial charge in [-0.3, -0.25) is 0 Å². The van der Waals surface area contributed by atoms with Gasteiger partial charge in [-0.25, -0.2) is 4.79 Å². The molecule has 1 heterocycles. The molecule has 0 saturated carbocycles.